The first-order chi connectivity index (χ1) is 13.0. The van der Waals surface area contributed by atoms with Gasteiger partial charge >= 0.3 is 0 Å². The van der Waals surface area contributed by atoms with E-state index >= 15 is 0 Å². The SMILES string of the molecule is CCc1cc(NCc2ccc(CN(C)C)c(F)c2)nc(-c2ccncc2)n1. The highest BCUT2D eigenvalue weighted by Gasteiger charge is 2.08. The normalized spacial score (nSPS) is 11.0. The fraction of sp³-hybridized carbons (Fsp3) is 0.286. The molecule has 3 aromatic rings. The van der Waals surface area contributed by atoms with Crippen LogP contribution in [0.4, 0.5) is 10.2 Å². The lowest BCUT2D eigenvalue weighted by Gasteiger charge is -2.13. The lowest BCUT2D eigenvalue weighted by atomic mass is 10.1. The molecule has 1 aromatic carbocycles. The summed E-state index contributed by atoms with van der Waals surface area (Å²) in [5.41, 5.74) is 3.44. The van der Waals surface area contributed by atoms with Crippen molar-refractivity contribution in [2.24, 2.45) is 0 Å². The number of nitrogens with one attached hydrogen (secondary N) is 1. The first-order valence-corrected chi connectivity index (χ1v) is 8.99. The van der Waals surface area contributed by atoms with Crippen molar-refractivity contribution < 1.29 is 4.39 Å². The van der Waals surface area contributed by atoms with Crippen LogP contribution < -0.4 is 5.32 Å². The smallest absolute Gasteiger partial charge is 0.161 e. The number of halogens is 1. The largest absolute Gasteiger partial charge is 0.366 e. The van der Waals surface area contributed by atoms with E-state index in [1.165, 1.54) is 0 Å². The van der Waals surface area contributed by atoms with Crippen molar-refractivity contribution in [3.63, 3.8) is 0 Å². The van der Waals surface area contributed by atoms with Crippen LogP contribution >= 0.6 is 0 Å². The van der Waals surface area contributed by atoms with Gasteiger partial charge in [0.1, 0.15) is 11.6 Å². The van der Waals surface area contributed by atoms with Crippen molar-refractivity contribution in [2.75, 3.05) is 19.4 Å². The number of benzene rings is 1. The van der Waals surface area contributed by atoms with Gasteiger partial charge in [0, 0.05) is 48.4 Å². The lowest BCUT2D eigenvalue weighted by Crippen LogP contribution is -2.12. The summed E-state index contributed by atoms with van der Waals surface area (Å²) in [6.07, 6.45) is 4.26. The van der Waals surface area contributed by atoms with Crippen LogP contribution in [0.3, 0.4) is 0 Å². The number of aryl methyl sites for hydroxylation is 1. The molecule has 140 valence electrons. The molecule has 6 heteroatoms. The molecule has 0 bridgehead atoms. The summed E-state index contributed by atoms with van der Waals surface area (Å²) in [6.45, 7) is 3.14. The molecule has 0 saturated carbocycles. The zero-order valence-corrected chi connectivity index (χ0v) is 15.9. The quantitative estimate of drug-likeness (QED) is 0.688. The van der Waals surface area contributed by atoms with E-state index in [4.69, 9.17) is 0 Å². The summed E-state index contributed by atoms with van der Waals surface area (Å²) < 4.78 is 14.3. The van der Waals surface area contributed by atoms with E-state index in [9.17, 15) is 4.39 Å². The Morgan fingerprint density at radius 2 is 1.81 bits per heavy atom. The second-order valence-electron chi connectivity index (χ2n) is 6.67. The van der Waals surface area contributed by atoms with Crippen LogP contribution in [0.5, 0.6) is 0 Å². The van der Waals surface area contributed by atoms with E-state index in [0.717, 1.165) is 29.1 Å². The molecular weight excluding hydrogens is 341 g/mol. The molecule has 0 fully saturated rings. The monoisotopic (exact) mass is 365 g/mol. The van der Waals surface area contributed by atoms with E-state index in [2.05, 4.69) is 27.2 Å². The van der Waals surface area contributed by atoms with Crippen molar-refractivity contribution >= 4 is 5.82 Å². The summed E-state index contributed by atoms with van der Waals surface area (Å²) >= 11 is 0. The number of hydrogen-bond donors (Lipinski definition) is 1. The minimum Gasteiger partial charge on any atom is -0.366 e. The Kier molecular flexibility index (Phi) is 6.08. The van der Waals surface area contributed by atoms with Gasteiger partial charge in [-0.15, -0.1) is 0 Å². The molecule has 0 aliphatic rings. The summed E-state index contributed by atoms with van der Waals surface area (Å²) in [5.74, 6) is 1.20. The highest BCUT2D eigenvalue weighted by molar-refractivity contribution is 5.56. The van der Waals surface area contributed by atoms with Crippen molar-refractivity contribution in [1.29, 1.82) is 0 Å². The van der Waals surface area contributed by atoms with Crippen LogP contribution in [-0.2, 0) is 19.5 Å². The average molecular weight is 365 g/mol. The Bertz CT molecular complexity index is 896. The van der Waals surface area contributed by atoms with E-state index in [0.29, 0.717) is 24.5 Å². The Morgan fingerprint density at radius 3 is 2.48 bits per heavy atom. The maximum atomic E-state index is 14.3. The third kappa shape index (κ3) is 5.08. The zero-order chi connectivity index (χ0) is 19.2. The molecule has 0 aliphatic carbocycles. The molecule has 0 atom stereocenters. The molecule has 0 aliphatic heterocycles. The number of aromatic nitrogens is 3. The van der Waals surface area contributed by atoms with Crippen LogP contribution in [0.2, 0.25) is 0 Å². The highest BCUT2D eigenvalue weighted by atomic mass is 19.1. The van der Waals surface area contributed by atoms with Gasteiger partial charge in [-0.1, -0.05) is 19.1 Å². The van der Waals surface area contributed by atoms with Crippen LogP contribution in [0.25, 0.3) is 11.4 Å². The number of pyridine rings is 1. The molecule has 0 amide bonds. The predicted molar refractivity (Wildman–Crippen MR) is 106 cm³/mol. The Morgan fingerprint density at radius 1 is 1.04 bits per heavy atom. The van der Waals surface area contributed by atoms with Gasteiger partial charge in [-0.25, -0.2) is 14.4 Å². The minimum absolute atomic E-state index is 0.183. The predicted octanol–water partition coefficient (Wildman–Crippen LogP) is 3.91. The third-order valence-corrected chi connectivity index (χ3v) is 4.16. The third-order valence-electron chi connectivity index (χ3n) is 4.16. The van der Waals surface area contributed by atoms with Gasteiger partial charge in [0.25, 0.3) is 0 Å². The van der Waals surface area contributed by atoms with E-state index in [1.807, 2.05) is 49.3 Å². The van der Waals surface area contributed by atoms with Crippen LogP contribution in [0, 0.1) is 5.82 Å². The second kappa shape index (κ2) is 8.68. The van der Waals surface area contributed by atoms with Crippen molar-refractivity contribution in [2.45, 2.75) is 26.4 Å². The van der Waals surface area contributed by atoms with E-state index in [1.54, 1.807) is 18.5 Å². The van der Waals surface area contributed by atoms with Crippen LogP contribution in [0.15, 0.2) is 48.8 Å². The molecule has 5 nitrogen and oxygen atoms in total. The molecule has 0 radical (unpaired) electrons. The molecule has 0 unspecified atom stereocenters. The number of hydrogen-bond acceptors (Lipinski definition) is 5. The molecule has 3 rings (SSSR count). The van der Waals surface area contributed by atoms with Crippen molar-refractivity contribution in [1.82, 2.24) is 19.9 Å². The van der Waals surface area contributed by atoms with Crippen molar-refractivity contribution in [3.05, 3.63) is 71.4 Å². The summed E-state index contributed by atoms with van der Waals surface area (Å²) in [6, 6.07) is 11.1. The average Bonchev–Trinajstić information content (AvgIpc) is 2.68. The maximum Gasteiger partial charge on any atom is 0.161 e. The fourth-order valence-corrected chi connectivity index (χ4v) is 2.76. The maximum absolute atomic E-state index is 14.3. The Hall–Kier alpha value is -2.86. The van der Waals surface area contributed by atoms with Gasteiger partial charge in [-0.2, -0.15) is 0 Å². The molecule has 1 N–H and O–H groups in total. The fourth-order valence-electron chi connectivity index (χ4n) is 2.76. The molecule has 2 aromatic heterocycles. The summed E-state index contributed by atoms with van der Waals surface area (Å²) in [7, 11) is 3.85. The Labute approximate surface area is 159 Å². The topological polar surface area (TPSA) is 53.9 Å². The highest BCUT2D eigenvalue weighted by Crippen LogP contribution is 2.19. The van der Waals surface area contributed by atoms with Gasteiger partial charge in [0.2, 0.25) is 0 Å². The molecule has 2 heterocycles. The summed E-state index contributed by atoms with van der Waals surface area (Å²) in [5, 5.41) is 3.29. The molecule has 0 saturated heterocycles. The van der Waals surface area contributed by atoms with Gasteiger partial charge in [0.05, 0.1) is 0 Å². The first-order valence-electron chi connectivity index (χ1n) is 8.99. The van der Waals surface area contributed by atoms with E-state index < -0.39 is 0 Å². The van der Waals surface area contributed by atoms with Crippen LogP contribution in [-0.4, -0.2) is 33.9 Å². The molecular formula is C21H24FN5. The van der Waals surface area contributed by atoms with Gasteiger partial charge in [-0.05, 0) is 44.3 Å². The summed E-state index contributed by atoms with van der Waals surface area (Å²) in [4.78, 5) is 15.2. The first kappa shape index (κ1) is 18.9. The minimum atomic E-state index is -0.183. The standard InChI is InChI=1S/C21H24FN5/c1-4-18-12-20(26-21(25-18)16-7-9-23-10-8-16)24-13-15-5-6-17(14-27(2)3)19(22)11-15/h5-12H,4,13-14H2,1-3H3,(H,24,25,26). The van der Waals surface area contributed by atoms with Gasteiger partial charge < -0.3 is 10.2 Å². The number of rotatable bonds is 7. The molecule has 0 spiro atoms. The Balaban J connectivity index is 1.77. The lowest BCUT2D eigenvalue weighted by molar-refractivity contribution is 0.392. The van der Waals surface area contributed by atoms with Crippen LogP contribution in [0.1, 0.15) is 23.7 Å². The number of anilines is 1. The second-order valence-corrected chi connectivity index (χ2v) is 6.67. The number of nitrogens with zero attached hydrogens (tertiary/aromatic N) is 4. The van der Waals surface area contributed by atoms with Gasteiger partial charge in [-0.3, -0.25) is 4.98 Å². The molecule has 27 heavy (non-hydrogen) atoms. The van der Waals surface area contributed by atoms with Crippen molar-refractivity contribution in [3.8, 4) is 11.4 Å². The zero-order valence-electron chi connectivity index (χ0n) is 15.9. The van der Waals surface area contributed by atoms with E-state index in [-0.39, 0.29) is 5.82 Å². The van der Waals surface area contributed by atoms with Gasteiger partial charge in [0.15, 0.2) is 5.82 Å².